The van der Waals surface area contributed by atoms with Crippen LogP contribution in [0.15, 0.2) is 58.9 Å². The van der Waals surface area contributed by atoms with Crippen molar-refractivity contribution in [2.45, 2.75) is 24.3 Å². The average molecular weight is 568 g/mol. The number of hydrogen-bond donors (Lipinski definition) is 1. The molecular weight excluding hydrogens is 538 g/mol. The van der Waals surface area contributed by atoms with E-state index in [4.69, 9.17) is 25.8 Å². The molecule has 2 heterocycles. The Hall–Kier alpha value is -2.57. The Morgan fingerprint density at radius 3 is 2.62 bits per heavy atom. The number of sulfonamides is 1. The molecule has 0 spiro atoms. The molecule has 1 fully saturated rings. The first-order valence-corrected chi connectivity index (χ1v) is 14.5. The lowest BCUT2D eigenvalue weighted by molar-refractivity contribution is 0.102. The molecule has 0 saturated carbocycles. The molecule has 4 rings (SSSR count). The van der Waals surface area contributed by atoms with Gasteiger partial charge in [-0.05, 0) is 43.3 Å². The summed E-state index contributed by atoms with van der Waals surface area (Å²) < 4.78 is 45.0. The van der Waals surface area contributed by atoms with Gasteiger partial charge in [0.2, 0.25) is 10.0 Å². The number of nitrogens with one attached hydrogen (secondary N) is 1. The van der Waals surface area contributed by atoms with Crippen LogP contribution in [-0.4, -0.2) is 71.7 Å². The van der Waals surface area contributed by atoms with Gasteiger partial charge < -0.3 is 24.4 Å². The molecule has 1 saturated heterocycles. The zero-order valence-corrected chi connectivity index (χ0v) is 23.3. The normalized spacial score (nSPS) is 18.3. The molecule has 1 N–H and O–H groups in total. The number of hydrogen-bond acceptors (Lipinski definition) is 8. The second kappa shape index (κ2) is 11.9. The summed E-state index contributed by atoms with van der Waals surface area (Å²) >= 11 is 7.12. The number of anilines is 2. The summed E-state index contributed by atoms with van der Waals surface area (Å²) in [5.41, 5.74) is 1.58. The Labute approximate surface area is 226 Å². The van der Waals surface area contributed by atoms with Crippen LogP contribution < -0.4 is 10.2 Å². The van der Waals surface area contributed by atoms with Crippen molar-refractivity contribution < 1.29 is 27.4 Å². The fourth-order valence-corrected chi connectivity index (χ4v) is 7.16. The van der Waals surface area contributed by atoms with E-state index in [0.717, 1.165) is 30.1 Å². The number of rotatable bonds is 9. The Bertz CT molecular complexity index is 1280. The average Bonchev–Trinajstić information content (AvgIpc) is 3.32. The maximum absolute atomic E-state index is 13.6. The highest BCUT2D eigenvalue weighted by Gasteiger charge is 2.34. The minimum Gasteiger partial charge on any atom is -0.497 e. The Morgan fingerprint density at radius 1 is 1.27 bits per heavy atom. The van der Waals surface area contributed by atoms with Crippen LogP contribution in [0.2, 0.25) is 4.34 Å². The van der Waals surface area contributed by atoms with Gasteiger partial charge in [0.05, 0.1) is 37.3 Å². The van der Waals surface area contributed by atoms with E-state index in [1.165, 1.54) is 24.5 Å². The number of methoxy groups -OCH3 is 1. The summed E-state index contributed by atoms with van der Waals surface area (Å²) in [6.45, 7) is 5.29. The molecule has 1 aromatic heterocycles. The summed E-state index contributed by atoms with van der Waals surface area (Å²) in [4.78, 5) is 15.3. The molecule has 37 heavy (non-hydrogen) atoms. The second-order valence-electron chi connectivity index (χ2n) is 8.42. The van der Waals surface area contributed by atoms with Gasteiger partial charge in [0.25, 0.3) is 5.91 Å². The molecule has 12 heteroatoms. The number of nitrogens with zero attached hydrogens (tertiary/aromatic N) is 2. The van der Waals surface area contributed by atoms with Crippen LogP contribution in [0.1, 0.15) is 23.0 Å². The summed E-state index contributed by atoms with van der Waals surface area (Å²) in [5, 5.41) is 2.80. The molecule has 1 aliphatic carbocycles. The molecule has 1 aliphatic heterocycles. The van der Waals surface area contributed by atoms with Crippen LogP contribution >= 0.6 is 22.9 Å². The van der Waals surface area contributed by atoms with Crippen LogP contribution in [0.4, 0.5) is 11.4 Å². The van der Waals surface area contributed by atoms with Crippen molar-refractivity contribution in [1.29, 1.82) is 0 Å². The van der Waals surface area contributed by atoms with E-state index >= 15 is 0 Å². The number of amides is 1. The predicted octanol–water partition coefficient (Wildman–Crippen LogP) is 4.33. The van der Waals surface area contributed by atoms with Gasteiger partial charge in [0.1, 0.15) is 15.5 Å². The zero-order chi connectivity index (χ0) is 26.6. The Balaban J connectivity index is 1.51. The Morgan fingerprint density at radius 2 is 1.97 bits per heavy atom. The third kappa shape index (κ3) is 6.12. The zero-order valence-electron chi connectivity index (χ0n) is 20.9. The first kappa shape index (κ1) is 27.5. The van der Waals surface area contributed by atoms with Crippen molar-refractivity contribution >= 4 is 50.2 Å². The topological polar surface area (TPSA) is 97.4 Å². The molecule has 2 aliphatic rings. The monoisotopic (exact) mass is 567 g/mol. The molecule has 1 atom stereocenters. The number of ether oxygens (including phenoxy) is 3. The number of benzene rings is 1. The minimum absolute atomic E-state index is 0.0198. The third-order valence-electron chi connectivity index (χ3n) is 6.18. The van der Waals surface area contributed by atoms with Crippen molar-refractivity contribution in [3.63, 3.8) is 0 Å². The molecule has 2 aromatic rings. The molecular formula is C25H30ClN3O6S2. The van der Waals surface area contributed by atoms with Gasteiger partial charge in [-0.2, -0.15) is 4.31 Å². The van der Waals surface area contributed by atoms with Crippen LogP contribution in [0.5, 0.6) is 0 Å². The maximum Gasteiger partial charge on any atom is 0.267 e. The second-order valence-corrected chi connectivity index (χ2v) is 12.1. The molecule has 200 valence electrons. The lowest BCUT2D eigenvalue weighted by Crippen LogP contribution is -2.38. The van der Waals surface area contributed by atoms with Gasteiger partial charge in [0.15, 0.2) is 5.76 Å². The Kier molecular flexibility index (Phi) is 8.81. The molecule has 1 amide bonds. The summed E-state index contributed by atoms with van der Waals surface area (Å²) in [5.74, 6) is 0.585. The van der Waals surface area contributed by atoms with E-state index in [0.29, 0.717) is 43.4 Å². The quantitative estimate of drug-likeness (QED) is 0.481. The van der Waals surface area contributed by atoms with E-state index in [9.17, 15) is 13.2 Å². The van der Waals surface area contributed by atoms with Crippen LogP contribution in [-0.2, 0) is 24.2 Å². The van der Waals surface area contributed by atoms with E-state index in [1.807, 2.05) is 19.1 Å². The van der Waals surface area contributed by atoms with Gasteiger partial charge in [-0.1, -0.05) is 17.7 Å². The number of allylic oxidation sites excluding steroid dienone is 1. The van der Waals surface area contributed by atoms with Gasteiger partial charge in [0, 0.05) is 37.9 Å². The third-order valence-corrected chi connectivity index (χ3v) is 9.48. The summed E-state index contributed by atoms with van der Waals surface area (Å²) in [6, 6.07) is 8.21. The van der Waals surface area contributed by atoms with Crippen molar-refractivity contribution in [1.82, 2.24) is 4.31 Å². The molecule has 0 bridgehead atoms. The first-order valence-electron chi connectivity index (χ1n) is 11.8. The summed E-state index contributed by atoms with van der Waals surface area (Å²) in [6.07, 6.45) is 3.75. The standard InChI is InChI=1S/C25H30ClN3O6S2/c1-4-35-20-10-9-19(15-21(20)33-3)28(2)37(31,32)22-16-23(26)36-24(22)25(30)27-17-5-7-18(8-6-17)29-11-13-34-14-12-29/h5-10,16,19H,4,11-15H2,1-3H3,(H,27,30). The van der Waals surface area contributed by atoms with E-state index in [1.54, 1.807) is 24.3 Å². The van der Waals surface area contributed by atoms with Gasteiger partial charge in [-0.15, -0.1) is 11.3 Å². The van der Waals surface area contributed by atoms with Crippen LogP contribution in [0, 0.1) is 0 Å². The van der Waals surface area contributed by atoms with Gasteiger partial charge in [-0.25, -0.2) is 8.42 Å². The van der Waals surface area contributed by atoms with Crippen molar-refractivity contribution in [3.05, 3.63) is 63.2 Å². The van der Waals surface area contributed by atoms with E-state index < -0.39 is 22.0 Å². The first-order chi connectivity index (χ1) is 17.7. The van der Waals surface area contributed by atoms with Crippen molar-refractivity contribution in [2.24, 2.45) is 0 Å². The number of likely N-dealkylation sites (N-methyl/N-ethyl adjacent to an activating group) is 1. The number of morpholine rings is 1. The van der Waals surface area contributed by atoms with Crippen LogP contribution in [0.25, 0.3) is 0 Å². The van der Waals surface area contributed by atoms with Gasteiger partial charge in [-0.3, -0.25) is 4.79 Å². The maximum atomic E-state index is 13.6. The molecule has 0 radical (unpaired) electrons. The fourth-order valence-electron chi connectivity index (χ4n) is 4.16. The summed E-state index contributed by atoms with van der Waals surface area (Å²) in [7, 11) is -1.06. The highest BCUT2D eigenvalue weighted by Crippen LogP contribution is 2.35. The molecule has 1 unspecified atom stereocenters. The molecule has 9 nitrogen and oxygen atoms in total. The minimum atomic E-state index is -4.06. The largest absolute Gasteiger partial charge is 0.497 e. The van der Waals surface area contributed by atoms with E-state index in [2.05, 4.69) is 10.2 Å². The SMILES string of the molecule is CCOC1=C(OC)CC(N(C)S(=O)(=O)c2cc(Cl)sc2C(=O)Nc2ccc(N3CCOCC3)cc2)C=C1. The smallest absolute Gasteiger partial charge is 0.267 e. The lowest BCUT2D eigenvalue weighted by atomic mass is 10.1. The van der Waals surface area contributed by atoms with Gasteiger partial charge >= 0.3 is 0 Å². The number of thiophene rings is 1. The highest BCUT2D eigenvalue weighted by atomic mass is 35.5. The number of carbonyl (C=O) groups excluding carboxylic acids is 1. The van der Waals surface area contributed by atoms with E-state index in [-0.39, 0.29) is 14.1 Å². The number of carbonyl (C=O) groups is 1. The highest BCUT2D eigenvalue weighted by molar-refractivity contribution is 7.89. The predicted molar refractivity (Wildman–Crippen MR) is 145 cm³/mol. The van der Waals surface area contributed by atoms with Crippen molar-refractivity contribution in [3.8, 4) is 0 Å². The fraction of sp³-hybridized carbons (Fsp3) is 0.400. The lowest BCUT2D eigenvalue weighted by Gasteiger charge is -2.29. The van der Waals surface area contributed by atoms with Crippen LogP contribution in [0.3, 0.4) is 0 Å². The molecule has 1 aromatic carbocycles. The number of halogens is 1. The van der Waals surface area contributed by atoms with Crippen molar-refractivity contribution in [2.75, 3.05) is 57.3 Å².